The summed E-state index contributed by atoms with van der Waals surface area (Å²) in [6.45, 7) is 2.15. The fraction of sp³-hybridized carbons (Fsp3) is 0.0800. The molecule has 0 spiro atoms. The number of hydrogen-bond acceptors (Lipinski definition) is 1. The highest BCUT2D eigenvalue weighted by Gasteiger charge is 2.21. The zero-order valence-electron chi connectivity index (χ0n) is 15.4. The molecule has 0 aliphatic rings. The van der Waals surface area contributed by atoms with Gasteiger partial charge in [0.2, 0.25) is 5.69 Å². The average molecular weight is 350 g/mol. The molecule has 0 saturated carbocycles. The molecular weight excluding hydrogens is 330 g/mol. The Balaban J connectivity index is 1.91. The summed E-state index contributed by atoms with van der Waals surface area (Å²) in [7, 11) is 2.08. The van der Waals surface area contributed by atoms with Gasteiger partial charge in [-0.05, 0) is 35.7 Å². The fourth-order valence-corrected chi connectivity index (χ4v) is 3.95. The number of rotatable bonds is 2. The van der Waals surface area contributed by atoms with Gasteiger partial charge in [0, 0.05) is 22.9 Å². The lowest BCUT2D eigenvalue weighted by Crippen LogP contribution is -2.30. The van der Waals surface area contributed by atoms with Crippen molar-refractivity contribution in [3.8, 4) is 22.4 Å². The molecule has 0 aliphatic heterocycles. The minimum atomic E-state index is 0.928. The van der Waals surface area contributed by atoms with Gasteiger partial charge in [-0.25, -0.2) is 4.57 Å². The number of hydrogen-bond donors (Lipinski definition) is 0. The van der Waals surface area contributed by atoms with Crippen molar-refractivity contribution in [3.63, 3.8) is 0 Å². The maximum Gasteiger partial charge on any atom is 0.216 e. The second-order valence-corrected chi connectivity index (χ2v) is 6.98. The van der Waals surface area contributed by atoms with Crippen LogP contribution >= 0.6 is 0 Å². The molecule has 2 aromatic heterocycles. The second kappa shape index (κ2) is 6.10. The van der Waals surface area contributed by atoms with Crippen LogP contribution in [0.2, 0.25) is 0 Å². The van der Waals surface area contributed by atoms with E-state index in [0.717, 1.165) is 27.8 Å². The van der Waals surface area contributed by atoms with Crippen LogP contribution in [-0.4, -0.2) is 0 Å². The van der Waals surface area contributed by atoms with Gasteiger partial charge in [0.05, 0.1) is 5.56 Å². The van der Waals surface area contributed by atoms with Crippen LogP contribution < -0.4 is 4.57 Å². The quantitative estimate of drug-likeness (QED) is 0.354. The highest BCUT2D eigenvalue weighted by molar-refractivity contribution is 6.15. The van der Waals surface area contributed by atoms with Gasteiger partial charge in [-0.2, -0.15) is 0 Å². The Labute approximate surface area is 158 Å². The first-order chi connectivity index (χ1) is 13.2. The number of fused-ring (bicyclic) bond motifs is 3. The molecule has 5 aromatic rings. The van der Waals surface area contributed by atoms with Crippen LogP contribution in [0, 0.1) is 6.92 Å². The molecule has 0 aliphatic carbocycles. The summed E-state index contributed by atoms with van der Waals surface area (Å²) in [4.78, 5) is 0. The number of furan rings is 1. The van der Waals surface area contributed by atoms with Crippen molar-refractivity contribution >= 4 is 21.9 Å². The van der Waals surface area contributed by atoms with E-state index in [1.165, 1.54) is 22.1 Å². The zero-order valence-corrected chi connectivity index (χ0v) is 15.4. The Morgan fingerprint density at radius 3 is 2.41 bits per heavy atom. The Bertz CT molecular complexity index is 1280. The molecule has 3 aromatic carbocycles. The summed E-state index contributed by atoms with van der Waals surface area (Å²) in [5, 5.41) is 2.34. The van der Waals surface area contributed by atoms with Gasteiger partial charge in [-0.3, -0.25) is 0 Å². The minimum absolute atomic E-state index is 0.928. The molecule has 0 saturated heterocycles. The lowest BCUT2D eigenvalue weighted by Gasteiger charge is -2.06. The van der Waals surface area contributed by atoms with Crippen molar-refractivity contribution in [3.05, 3.63) is 90.6 Å². The molecule has 2 heteroatoms. The van der Waals surface area contributed by atoms with Crippen molar-refractivity contribution in [1.82, 2.24) is 0 Å². The Kier molecular flexibility index (Phi) is 3.58. The highest BCUT2D eigenvalue weighted by atomic mass is 16.3. The smallest absolute Gasteiger partial charge is 0.216 e. The van der Waals surface area contributed by atoms with Crippen molar-refractivity contribution < 1.29 is 8.98 Å². The summed E-state index contributed by atoms with van der Waals surface area (Å²) in [5.74, 6) is 0. The minimum Gasteiger partial charge on any atom is -0.455 e. The first kappa shape index (κ1) is 15.8. The average Bonchev–Trinajstić information content (AvgIpc) is 3.08. The fourth-order valence-electron chi connectivity index (χ4n) is 3.95. The Hall–Kier alpha value is -3.39. The number of pyridine rings is 1. The maximum absolute atomic E-state index is 6.42. The Morgan fingerprint density at radius 2 is 1.59 bits per heavy atom. The predicted octanol–water partition coefficient (Wildman–Crippen LogP) is 6.05. The van der Waals surface area contributed by atoms with E-state index in [1.807, 2.05) is 12.1 Å². The van der Waals surface area contributed by atoms with Crippen LogP contribution in [0.15, 0.2) is 89.5 Å². The van der Waals surface area contributed by atoms with Gasteiger partial charge in [0.25, 0.3) is 0 Å². The number of aryl methyl sites for hydroxylation is 2. The molecule has 0 fully saturated rings. The molecule has 0 amide bonds. The van der Waals surface area contributed by atoms with E-state index in [-0.39, 0.29) is 0 Å². The lowest BCUT2D eigenvalue weighted by molar-refractivity contribution is -0.660. The molecule has 0 unspecified atom stereocenters. The van der Waals surface area contributed by atoms with Crippen molar-refractivity contribution in [2.24, 2.45) is 7.05 Å². The van der Waals surface area contributed by atoms with Crippen LogP contribution in [0.5, 0.6) is 0 Å². The van der Waals surface area contributed by atoms with E-state index in [1.54, 1.807) is 0 Å². The van der Waals surface area contributed by atoms with Crippen molar-refractivity contribution in [1.29, 1.82) is 0 Å². The molecule has 0 radical (unpaired) electrons. The number of nitrogens with zero attached hydrogens (tertiary/aromatic N) is 1. The first-order valence-corrected chi connectivity index (χ1v) is 9.19. The van der Waals surface area contributed by atoms with Crippen LogP contribution in [0.1, 0.15) is 5.56 Å². The summed E-state index contributed by atoms with van der Waals surface area (Å²) in [6, 6.07) is 27.5. The van der Waals surface area contributed by atoms with Crippen LogP contribution in [0.3, 0.4) is 0 Å². The molecule has 27 heavy (non-hydrogen) atoms. The summed E-state index contributed by atoms with van der Waals surface area (Å²) >= 11 is 0. The first-order valence-electron chi connectivity index (χ1n) is 9.19. The van der Waals surface area contributed by atoms with Gasteiger partial charge < -0.3 is 4.42 Å². The topological polar surface area (TPSA) is 17.0 Å². The van der Waals surface area contributed by atoms with E-state index in [4.69, 9.17) is 4.42 Å². The summed E-state index contributed by atoms with van der Waals surface area (Å²) < 4.78 is 8.57. The van der Waals surface area contributed by atoms with Gasteiger partial charge in [-0.1, -0.05) is 54.6 Å². The van der Waals surface area contributed by atoms with Crippen LogP contribution in [0.25, 0.3) is 44.3 Å². The SMILES string of the molecule is Cc1ccc2c(oc3cccc(-c4ccccc4)c32)c1-c1cccc[n+]1C. The third kappa shape index (κ3) is 2.45. The van der Waals surface area contributed by atoms with Gasteiger partial charge >= 0.3 is 0 Å². The standard InChI is InChI=1S/C25H20NO/c1-17-14-15-20-24-19(18-9-4-3-5-10-18)11-8-13-22(24)27-25(20)23(17)21-12-6-7-16-26(21)2/h3-16H,1-2H3/q+1. The summed E-state index contributed by atoms with van der Waals surface area (Å²) in [6.07, 6.45) is 2.08. The van der Waals surface area contributed by atoms with Gasteiger partial charge in [-0.15, -0.1) is 0 Å². The molecular formula is C25H20NO+. The molecule has 0 N–H and O–H groups in total. The number of aromatic nitrogens is 1. The zero-order chi connectivity index (χ0) is 18.4. The third-order valence-corrected chi connectivity index (χ3v) is 5.27. The van der Waals surface area contributed by atoms with Crippen LogP contribution in [0.4, 0.5) is 0 Å². The second-order valence-electron chi connectivity index (χ2n) is 6.98. The lowest BCUT2D eigenvalue weighted by atomic mass is 9.96. The maximum atomic E-state index is 6.42. The molecule has 0 atom stereocenters. The Morgan fingerprint density at radius 1 is 0.778 bits per heavy atom. The number of benzene rings is 3. The van der Waals surface area contributed by atoms with E-state index < -0.39 is 0 Å². The van der Waals surface area contributed by atoms with E-state index in [0.29, 0.717) is 0 Å². The predicted molar refractivity (Wildman–Crippen MR) is 111 cm³/mol. The van der Waals surface area contributed by atoms with Crippen molar-refractivity contribution in [2.75, 3.05) is 0 Å². The third-order valence-electron chi connectivity index (χ3n) is 5.27. The van der Waals surface area contributed by atoms with Crippen molar-refractivity contribution in [2.45, 2.75) is 6.92 Å². The molecule has 130 valence electrons. The molecule has 2 heterocycles. The van der Waals surface area contributed by atoms with E-state index in [2.05, 4.69) is 91.5 Å². The highest BCUT2D eigenvalue weighted by Crippen LogP contribution is 2.40. The van der Waals surface area contributed by atoms with Crippen LogP contribution in [-0.2, 0) is 7.05 Å². The van der Waals surface area contributed by atoms with Gasteiger partial charge in [0.15, 0.2) is 6.20 Å². The van der Waals surface area contributed by atoms with E-state index in [9.17, 15) is 0 Å². The van der Waals surface area contributed by atoms with E-state index >= 15 is 0 Å². The largest absolute Gasteiger partial charge is 0.455 e. The molecule has 5 rings (SSSR count). The summed E-state index contributed by atoms with van der Waals surface area (Å²) in [5.41, 5.74) is 7.82. The normalized spacial score (nSPS) is 11.3. The molecule has 2 nitrogen and oxygen atoms in total. The monoisotopic (exact) mass is 350 g/mol. The molecule has 0 bridgehead atoms. The van der Waals surface area contributed by atoms with Gasteiger partial charge in [0.1, 0.15) is 18.2 Å².